The van der Waals surface area contributed by atoms with Gasteiger partial charge in [0.15, 0.2) is 11.8 Å². The summed E-state index contributed by atoms with van der Waals surface area (Å²) in [6.07, 6.45) is 2.67. The van der Waals surface area contributed by atoms with Crippen LogP contribution in [-0.2, 0) is 6.42 Å². The van der Waals surface area contributed by atoms with Gasteiger partial charge >= 0.3 is 0 Å². The van der Waals surface area contributed by atoms with Crippen molar-refractivity contribution in [2.45, 2.75) is 45.1 Å². The van der Waals surface area contributed by atoms with Gasteiger partial charge in [-0.25, -0.2) is 0 Å². The maximum atomic E-state index is 5.40. The number of benzene rings is 1. The van der Waals surface area contributed by atoms with E-state index in [9.17, 15) is 0 Å². The lowest BCUT2D eigenvalue weighted by Gasteiger charge is -2.21. The van der Waals surface area contributed by atoms with Crippen molar-refractivity contribution in [3.05, 3.63) is 29.9 Å². The van der Waals surface area contributed by atoms with Crippen LogP contribution in [0.3, 0.4) is 0 Å². The van der Waals surface area contributed by atoms with Crippen molar-refractivity contribution < 1.29 is 14.0 Å². The number of ether oxygens (including phenoxy) is 2. The molecule has 1 unspecified atom stereocenters. The van der Waals surface area contributed by atoms with Gasteiger partial charge < -0.3 is 29.5 Å². The van der Waals surface area contributed by atoms with Crippen molar-refractivity contribution in [3.8, 4) is 11.5 Å². The minimum atomic E-state index is 0. The van der Waals surface area contributed by atoms with Gasteiger partial charge in [-0.05, 0) is 12.8 Å². The second kappa shape index (κ2) is 12.7. The molecule has 0 aliphatic carbocycles. The number of rotatable bonds is 9. The Kier molecular flexibility index (Phi) is 10.3. The van der Waals surface area contributed by atoms with Gasteiger partial charge in [0.05, 0.1) is 14.2 Å². The van der Waals surface area contributed by atoms with Crippen LogP contribution in [0, 0.1) is 0 Å². The van der Waals surface area contributed by atoms with E-state index in [-0.39, 0.29) is 29.9 Å². The molecule has 32 heavy (non-hydrogen) atoms. The van der Waals surface area contributed by atoms with E-state index < -0.39 is 0 Å². The molecule has 2 heterocycles. The fraction of sp³-hybridized carbons (Fsp3) is 0.591. The molecular formula is C22H35IN6O3. The SMILES string of the molecule is CN=C(NCCCc1nc(C(C)C)no1)NC1CCN(c2cc(OC)cc(OC)c2)C1.I. The van der Waals surface area contributed by atoms with Crippen LogP contribution in [0.4, 0.5) is 5.69 Å². The van der Waals surface area contributed by atoms with Gasteiger partial charge in [0.25, 0.3) is 0 Å². The van der Waals surface area contributed by atoms with Gasteiger partial charge in [-0.15, -0.1) is 24.0 Å². The molecule has 2 aromatic rings. The third kappa shape index (κ3) is 7.14. The predicted octanol–water partition coefficient (Wildman–Crippen LogP) is 3.20. The Morgan fingerprint density at radius 1 is 1.25 bits per heavy atom. The molecule has 1 atom stereocenters. The Balaban J connectivity index is 0.00000363. The lowest BCUT2D eigenvalue weighted by molar-refractivity contribution is 0.368. The van der Waals surface area contributed by atoms with E-state index in [1.165, 1.54) is 0 Å². The summed E-state index contributed by atoms with van der Waals surface area (Å²) >= 11 is 0. The summed E-state index contributed by atoms with van der Waals surface area (Å²) in [5.74, 6) is 4.13. The molecule has 1 aliphatic heterocycles. The van der Waals surface area contributed by atoms with Crippen LogP contribution in [0.5, 0.6) is 11.5 Å². The molecule has 3 rings (SSSR count). The van der Waals surface area contributed by atoms with Gasteiger partial charge in [-0.3, -0.25) is 4.99 Å². The first-order valence-corrected chi connectivity index (χ1v) is 10.8. The average Bonchev–Trinajstić information content (AvgIpc) is 3.45. The molecule has 0 saturated carbocycles. The number of anilines is 1. The summed E-state index contributed by atoms with van der Waals surface area (Å²) in [4.78, 5) is 11.1. The Bertz CT molecular complexity index is 851. The van der Waals surface area contributed by atoms with Crippen molar-refractivity contribution >= 4 is 35.6 Å². The van der Waals surface area contributed by atoms with Crippen LogP contribution in [0.25, 0.3) is 0 Å². The van der Waals surface area contributed by atoms with Crippen LogP contribution in [0.2, 0.25) is 0 Å². The van der Waals surface area contributed by atoms with Crippen LogP contribution >= 0.6 is 24.0 Å². The summed E-state index contributed by atoms with van der Waals surface area (Å²) < 4.78 is 16.1. The summed E-state index contributed by atoms with van der Waals surface area (Å²) in [5, 5.41) is 10.9. The van der Waals surface area contributed by atoms with Crippen LogP contribution < -0.4 is 25.0 Å². The Morgan fingerprint density at radius 2 is 1.97 bits per heavy atom. The molecule has 1 fully saturated rings. The predicted molar refractivity (Wildman–Crippen MR) is 137 cm³/mol. The summed E-state index contributed by atoms with van der Waals surface area (Å²) in [6.45, 7) is 6.74. The number of nitrogens with one attached hydrogen (secondary N) is 2. The van der Waals surface area contributed by atoms with E-state index in [1.54, 1.807) is 21.3 Å². The molecule has 1 aliphatic rings. The number of hydrogen-bond donors (Lipinski definition) is 2. The quantitative estimate of drug-likeness (QED) is 0.210. The highest BCUT2D eigenvalue weighted by Gasteiger charge is 2.24. The Hall–Kier alpha value is -2.24. The zero-order valence-electron chi connectivity index (χ0n) is 19.6. The first-order chi connectivity index (χ1) is 15.0. The third-order valence-corrected chi connectivity index (χ3v) is 5.31. The Morgan fingerprint density at radius 3 is 2.56 bits per heavy atom. The normalized spacial score (nSPS) is 16.1. The molecule has 0 spiro atoms. The number of methoxy groups -OCH3 is 2. The number of guanidine groups is 1. The van der Waals surface area contributed by atoms with Crippen molar-refractivity contribution in [1.29, 1.82) is 0 Å². The molecule has 1 saturated heterocycles. The third-order valence-electron chi connectivity index (χ3n) is 5.31. The highest BCUT2D eigenvalue weighted by molar-refractivity contribution is 14.0. The van der Waals surface area contributed by atoms with E-state index in [0.717, 1.165) is 67.9 Å². The summed E-state index contributed by atoms with van der Waals surface area (Å²) in [7, 11) is 5.14. The zero-order chi connectivity index (χ0) is 22.2. The minimum Gasteiger partial charge on any atom is -0.497 e. The van der Waals surface area contributed by atoms with Gasteiger partial charge in [-0.1, -0.05) is 19.0 Å². The topological polar surface area (TPSA) is 97.0 Å². The van der Waals surface area contributed by atoms with E-state index in [1.807, 2.05) is 18.2 Å². The monoisotopic (exact) mass is 558 g/mol. The van der Waals surface area contributed by atoms with Crippen LogP contribution in [0.1, 0.15) is 44.3 Å². The number of halogens is 1. The molecule has 0 amide bonds. The molecule has 0 radical (unpaired) electrons. The first-order valence-electron chi connectivity index (χ1n) is 10.8. The molecular weight excluding hydrogens is 523 g/mol. The highest BCUT2D eigenvalue weighted by Crippen LogP contribution is 2.30. The second-order valence-corrected chi connectivity index (χ2v) is 7.95. The minimum absolute atomic E-state index is 0. The lowest BCUT2D eigenvalue weighted by Crippen LogP contribution is -2.44. The van der Waals surface area contributed by atoms with Crippen LogP contribution in [-0.4, -0.2) is 63.0 Å². The summed E-state index contributed by atoms with van der Waals surface area (Å²) in [5.41, 5.74) is 1.10. The van der Waals surface area contributed by atoms with Crippen molar-refractivity contribution in [1.82, 2.24) is 20.8 Å². The smallest absolute Gasteiger partial charge is 0.226 e. The molecule has 9 nitrogen and oxygen atoms in total. The number of aromatic nitrogens is 2. The van der Waals surface area contributed by atoms with Gasteiger partial charge in [0.2, 0.25) is 5.89 Å². The fourth-order valence-corrected chi connectivity index (χ4v) is 3.53. The lowest BCUT2D eigenvalue weighted by atomic mass is 10.2. The maximum Gasteiger partial charge on any atom is 0.226 e. The van der Waals surface area contributed by atoms with E-state index in [0.29, 0.717) is 11.9 Å². The fourth-order valence-electron chi connectivity index (χ4n) is 3.53. The summed E-state index contributed by atoms with van der Waals surface area (Å²) in [6, 6.07) is 6.28. The average molecular weight is 558 g/mol. The van der Waals surface area contributed by atoms with Gasteiger partial charge in [0.1, 0.15) is 11.5 Å². The molecule has 10 heteroatoms. The van der Waals surface area contributed by atoms with Gasteiger partial charge in [0, 0.05) is 68.9 Å². The molecule has 2 N–H and O–H groups in total. The van der Waals surface area contributed by atoms with Crippen molar-refractivity contribution in [2.24, 2.45) is 4.99 Å². The second-order valence-electron chi connectivity index (χ2n) is 7.95. The molecule has 1 aromatic carbocycles. The van der Waals surface area contributed by atoms with Crippen molar-refractivity contribution in [3.63, 3.8) is 0 Å². The standard InChI is InChI=1S/C22H34N6O3.HI/c1-15(2)21-26-20(31-27-21)7-6-9-24-22(23-3)25-16-8-10-28(14-16)17-11-18(29-4)13-19(12-17)30-5;/h11-13,15-16H,6-10,14H2,1-5H3,(H2,23,24,25);1H. The Labute approximate surface area is 207 Å². The number of aryl methyl sites for hydroxylation is 1. The first kappa shape index (κ1) is 26.0. The van der Waals surface area contributed by atoms with Gasteiger partial charge in [-0.2, -0.15) is 4.98 Å². The largest absolute Gasteiger partial charge is 0.497 e. The van der Waals surface area contributed by atoms with E-state index in [4.69, 9.17) is 14.0 Å². The molecule has 178 valence electrons. The van der Waals surface area contributed by atoms with E-state index in [2.05, 4.69) is 44.5 Å². The van der Waals surface area contributed by atoms with Crippen LogP contribution in [0.15, 0.2) is 27.7 Å². The number of nitrogens with zero attached hydrogens (tertiary/aromatic N) is 4. The van der Waals surface area contributed by atoms with E-state index >= 15 is 0 Å². The number of hydrogen-bond acceptors (Lipinski definition) is 7. The highest BCUT2D eigenvalue weighted by atomic mass is 127. The zero-order valence-corrected chi connectivity index (χ0v) is 21.9. The van der Waals surface area contributed by atoms with Crippen molar-refractivity contribution in [2.75, 3.05) is 45.8 Å². The maximum absolute atomic E-state index is 5.40. The molecule has 0 bridgehead atoms. The molecule has 1 aromatic heterocycles. The number of aliphatic imine (C=N–C) groups is 1.